The third-order valence-corrected chi connectivity index (χ3v) is 4.69. The van der Waals surface area contributed by atoms with Gasteiger partial charge in [-0.3, -0.25) is 0 Å². The van der Waals surface area contributed by atoms with Crippen molar-refractivity contribution in [2.45, 2.75) is 33.3 Å². The smallest absolute Gasteiger partial charge is 0.351 e. The van der Waals surface area contributed by atoms with Crippen LogP contribution in [-0.2, 0) is 4.74 Å². The molecule has 0 saturated heterocycles. The van der Waals surface area contributed by atoms with Crippen molar-refractivity contribution in [1.29, 1.82) is 0 Å². The van der Waals surface area contributed by atoms with Crippen LogP contribution in [-0.4, -0.2) is 11.6 Å². The zero-order valence-corrected chi connectivity index (χ0v) is 14.9. The fourth-order valence-corrected chi connectivity index (χ4v) is 3.41. The van der Waals surface area contributed by atoms with Crippen molar-refractivity contribution in [2.75, 3.05) is 5.73 Å². The first-order valence-electron chi connectivity index (χ1n) is 6.57. The van der Waals surface area contributed by atoms with Crippen molar-refractivity contribution < 1.29 is 9.53 Å². The lowest BCUT2D eigenvalue weighted by molar-refractivity contribution is 0.00763. The van der Waals surface area contributed by atoms with Crippen LogP contribution in [0.3, 0.4) is 0 Å². The summed E-state index contributed by atoms with van der Waals surface area (Å²) in [7, 11) is 0. The lowest BCUT2D eigenvalue weighted by atomic mass is 10.1. The molecule has 21 heavy (non-hydrogen) atoms. The SMILES string of the molecule is Cc1c(-c2cccc(Br)c2)sc(C(=O)OC(C)(C)C)c1N. The highest BCUT2D eigenvalue weighted by atomic mass is 79.9. The number of benzene rings is 1. The van der Waals surface area contributed by atoms with Crippen molar-refractivity contribution in [3.8, 4) is 10.4 Å². The Balaban J connectivity index is 2.44. The van der Waals surface area contributed by atoms with Gasteiger partial charge in [-0.1, -0.05) is 28.1 Å². The average molecular weight is 368 g/mol. The van der Waals surface area contributed by atoms with Gasteiger partial charge in [0.15, 0.2) is 0 Å². The molecule has 1 aromatic heterocycles. The molecule has 112 valence electrons. The summed E-state index contributed by atoms with van der Waals surface area (Å²) in [6, 6.07) is 7.94. The molecular formula is C16H18BrNO2S. The topological polar surface area (TPSA) is 52.3 Å². The van der Waals surface area contributed by atoms with Crippen LogP contribution in [0.1, 0.15) is 36.0 Å². The van der Waals surface area contributed by atoms with E-state index in [1.807, 2.05) is 52.0 Å². The minimum atomic E-state index is -0.530. The van der Waals surface area contributed by atoms with Crippen molar-refractivity contribution in [2.24, 2.45) is 0 Å². The van der Waals surface area contributed by atoms with Crippen LogP contribution >= 0.6 is 27.3 Å². The van der Waals surface area contributed by atoms with E-state index in [4.69, 9.17) is 10.5 Å². The van der Waals surface area contributed by atoms with Gasteiger partial charge in [0.1, 0.15) is 10.5 Å². The van der Waals surface area contributed by atoms with Gasteiger partial charge in [-0.25, -0.2) is 4.79 Å². The molecule has 2 rings (SSSR count). The molecule has 1 heterocycles. The monoisotopic (exact) mass is 367 g/mol. The maximum Gasteiger partial charge on any atom is 0.351 e. The highest BCUT2D eigenvalue weighted by Gasteiger charge is 2.24. The fourth-order valence-electron chi connectivity index (χ4n) is 1.91. The lowest BCUT2D eigenvalue weighted by Gasteiger charge is -2.19. The van der Waals surface area contributed by atoms with Crippen LogP contribution in [0.5, 0.6) is 0 Å². The summed E-state index contributed by atoms with van der Waals surface area (Å²) in [5.41, 5.74) is 8.02. The molecule has 1 aromatic carbocycles. The number of hydrogen-bond donors (Lipinski definition) is 1. The Labute approximate surface area is 137 Å². The second-order valence-corrected chi connectivity index (χ2v) is 7.75. The molecular weight excluding hydrogens is 350 g/mol. The Hall–Kier alpha value is -1.33. The van der Waals surface area contributed by atoms with E-state index in [1.54, 1.807) is 0 Å². The summed E-state index contributed by atoms with van der Waals surface area (Å²) in [5, 5.41) is 0. The maximum absolute atomic E-state index is 12.2. The van der Waals surface area contributed by atoms with Crippen molar-refractivity contribution in [3.63, 3.8) is 0 Å². The number of anilines is 1. The molecule has 0 spiro atoms. The molecule has 0 aliphatic heterocycles. The maximum atomic E-state index is 12.2. The third-order valence-electron chi connectivity index (χ3n) is 2.86. The summed E-state index contributed by atoms with van der Waals surface area (Å²) in [4.78, 5) is 13.7. The molecule has 0 amide bonds. The zero-order valence-electron chi connectivity index (χ0n) is 12.5. The van der Waals surface area contributed by atoms with Gasteiger partial charge in [0.2, 0.25) is 0 Å². The largest absolute Gasteiger partial charge is 0.456 e. The van der Waals surface area contributed by atoms with Crippen molar-refractivity contribution in [1.82, 2.24) is 0 Å². The molecule has 0 fully saturated rings. The number of carbonyl (C=O) groups is 1. The average Bonchev–Trinajstić information content (AvgIpc) is 2.64. The Morgan fingerprint density at radius 1 is 1.33 bits per heavy atom. The molecule has 2 N–H and O–H groups in total. The minimum absolute atomic E-state index is 0.366. The standard InChI is InChI=1S/C16H18BrNO2S/c1-9-12(18)14(15(19)20-16(2,3)4)21-13(9)10-6-5-7-11(17)8-10/h5-8H,18H2,1-4H3. The van der Waals surface area contributed by atoms with Crippen LogP contribution in [0.4, 0.5) is 5.69 Å². The highest BCUT2D eigenvalue weighted by Crippen LogP contribution is 2.39. The number of nitrogens with two attached hydrogens (primary N) is 1. The van der Waals surface area contributed by atoms with E-state index in [9.17, 15) is 4.79 Å². The summed E-state index contributed by atoms with van der Waals surface area (Å²) in [6.07, 6.45) is 0. The summed E-state index contributed by atoms with van der Waals surface area (Å²) >= 11 is 4.84. The summed E-state index contributed by atoms with van der Waals surface area (Å²) < 4.78 is 6.41. The molecule has 0 atom stereocenters. The predicted octanol–water partition coefficient (Wildman–Crippen LogP) is 5.02. The first kappa shape index (κ1) is 16.0. The van der Waals surface area contributed by atoms with Crippen molar-refractivity contribution >= 4 is 38.9 Å². The minimum Gasteiger partial charge on any atom is -0.456 e. The number of carbonyl (C=O) groups excluding carboxylic acids is 1. The molecule has 0 radical (unpaired) electrons. The molecule has 0 saturated carbocycles. The van der Waals surface area contributed by atoms with E-state index < -0.39 is 5.60 Å². The number of hydrogen-bond acceptors (Lipinski definition) is 4. The van der Waals surface area contributed by atoms with Crippen LogP contribution in [0.25, 0.3) is 10.4 Å². The summed E-state index contributed by atoms with van der Waals surface area (Å²) in [5.74, 6) is -0.366. The molecule has 0 unspecified atom stereocenters. The summed E-state index contributed by atoms with van der Waals surface area (Å²) in [6.45, 7) is 7.46. The van der Waals surface area contributed by atoms with E-state index in [1.165, 1.54) is 11.3 Å². The van der Waals surface area contributed by atoms with E-state index >= 15 is 0 Å². The number of ether oxygens (including phenoxy) is 1. The number of thiophene rings is 1. The van der Waals surface area contributed by atoms with Gasteiger partial charge in [0, 0.05) is 9.35 Å². The molecule has 2 aromatic rings. The van der Waals surface area contributed by atoms with Crippen LogP contribution < -0.4 is 5.73 Å². The number of nitrogen functional groups attached to an aromatic ring is 1. The Kier molecular flexibility index (Phi) is 4.44. The van der Waals surface area contributed by atoms with Crippen molar-refractivity contribution in [3.05, 3.63) is 39.2 Å². The van der Waals surface area contributed by atoms with Gasteiger partial charge in [0.25, 0.3) is 0 Å². The predicted molar refractivity (Wildman–Crippen MR) is 91.8 cm³/mol. The highest BCUT2D eigenvalue weighted by molar-refractivity contribution is 9.10. The third kappa shape index (κ3) is 3.66. The van der Waals surface area contributed by atoms with Crippen LogP contribution in [0.15, 0.2) is 28.7 Å². The molecule has 0 bridgehead atoms. The second kappa shape index (κ2) is 5.81. The van der Waals surface area contributed by atoms with E-state index in [2.05, 4.69) is 15.9 Å². The van der Waals surface area contributed by atoms with Gasteiger partial charge < -0.3 is 10.5 Å². The van der Waals surface area contributed by atoms with Gasteiger partial charge in [-0.05, 0) is 51.0 Å². The first-order valence-corrected chi connectivity index (χ1v) is 8.18. The molecule has 0 aliphatic rings. The van der Waals surface area contributed by atoms with Crippen LogP contribution in [0.2, 0.25) is 0 Å². The Bertz CT molecular complexity index is 686. The first-order chi connectivity index (χ1) is 9.69. The second-order valence-electron chi connectivity index (χ2n) is 5.81. The molecule has 3 nitrogen and oxygen atoms in total. The van der Waals surface area contributed by atoms with Gasteiger partial charge in [-0.15, -0.1) is 11.3 Å². The van der Waals surface area contributed by atoms with E-state index in [0.717, 1.165) is 20.5 Å². The van der Waals surface area contributed by atoms with Crippen LogP contribution in [0, 0.1) is 6.92 Å². The Morgan fingerprint density at radius 2 is 2.00 bits per heavy atom. The van der Waals surface area contributed by atoms with E-state index in [0.29, 0.717) is 10.6 Å². The fraction of sp³-hybridized carbons (Fsp3) is 0.312. The number of halogens is 1. The van der Waals surface area contributed by atoms with Gasteiger partial charge in [-0.2, -0.15) is 0 Å². The van der Waals surface area contributed by atoms with Gasteiger partial charge >= 0.3 is 5.97 Å². The van der Waals surface area contributed by atoms with Gasteiger partial charge in [0.05, 0.1) is 5.69 Å². The zero-order chi connectivity index (χ0) is 15.8. The van der Waals surface area contributed by atoms with E-state index in [-0.39, 0.29) is 5.97 Å². The number of esters is 1. The normalized spacial score (nSPS) is 11.5. The quantitative estimate of drug-likeness (QED) is 0.757. The molecule has 5 heteroatoms. The molecule has 0 aliphatic carbocycles. The Morgan fingerprint density at radius 3 is 2.57 bits per heavy atom. The lowest BCUT2D eigenvalue weighted by Crippen LogP contribution is -2.23. The number of rotatable bonds is 2.